The molecule has 19 heavy (non-hydrogen) atoms. The van der Waals surface area contributed by atoms with E-state index in [-0.39, 0.29) is 0 Å². The average molecular weight is 268 g/mol. The Hall–Kier alpha value is -1.71. The van der Waals surface area contributed by atoms with Gasteiger partial charge < -0.3 is 5.32 Å². The van der Waals surface area contributed by atoms with Crippen molar-refractivity contribution in [3.8, 4) is 0 Å². The first-order chi connectivity index (χ1) is 9.31. The summed E-state index contributed by atoms with van der Waals surface area (Å²) in [7, 11) is 0. The number of hydrogen-bond donors (Lipinski definition) is 1. The minimum Gasteiger partial charge on any atom is -0.306 e. The van der Waals surface area contributed by atoms with E-state index in [0.717, 1.165) is 23.6 Å². The van der Waals surface area contributed by atoms with Gasteiger partial charge in [0, 0.05) is 13.1 Å². The van der Waals surface area contributed by atoms with Gasteiger partial charge in [-0.1, -0.05) is 42.0 Å². The molecule has 0 spiro atoms. The summed E-state index contributed by atoms with van der Waals surface area (Å²) in [4.78, 5) is 4.61. The maximum atomic E-state index is 4.61. The number of hydrogen-bond acceptors (Lipinski definition) is 3. The molecule has 0 atom stereocenters. The third kappa shape index (κ3) is 3.00. The zero-order chi connectivity index (χ0) is 13.1. The molecular weight excluding hydrogens is 252 g/mol. The minimum atomic E-state index is 0.827. The van der Waals surface area contributed by atoms with E-state index in [2.05, 4.69) is 59.7 Å². The van der Waals surface area contributed by atoms with Gasteiger partial charge in [0.1, 0.15) is 5.01 Å². The predicted octanol–water partition coefficient (Wildman–Crippen LogP) is 3.89. The second kappa shape index (κ2) is 5.51. The number of para-hydroxylation sites is 1. The molecule has 0 fully saturated rings. The molecule has 0 bridgehead atoms. The quantitative estimate of drug-likeness (QED) is 0.776. The monoisotopic (exact) mass is 268 g/mol. The molecule has 2 nitrogen and oxygen atoms in total. The molecule has 3 aromatic rings. The van der Waals surface area contributed by atoms with Gasteiger partial charge in [-0.3, -0.25) is 0 Å². The highest BCUT2D eigenvalue weighted by atomic mass is 32.1. The zero-order valence-electron chi connectivity index (χ0n) is 10.9. The summed E-state index contributed by atoms with van der Waals surface area (Å²) < 4.78 is 1.26. The van der Waals surface area contributed by atoms with Crippen molar-refractivity contribution in [3.63, 3.8) is 0 Å². The van der Waals surface area contributed by atoms with E-state index in [0.29, 0.717) is 0 Å². The Labute approximate surface area is 117 Å². The lowest BCUT2D eigenvalue weighted by molar-refractivity contribution is 0.691. The van der Waals surface area contributed by atoms with Crippen molar-refractivity contribution in [1.82, 2.24) is 10.3 Å². The molecule has 1 aromatic heterocycles. The van der Waals surface area contributed by atoms with E-state index in [1.165, 1.54) is 15.8 Å². The largest absolute Gasteiger partial charge is 0.306 e. The van der Waals surface area contributed by atoms with Crippen LogP contribution in [0.25, 0.3) is 10.2 Å². The number of rotatable bonds is 4. The third-order valence-electron chi connectivity index (χ3n) is 3.06. The summed E-state index contributed by atoms with van der Waals surface area (Å²) in [6.07, 6.45) is 0. The zero-order valence-corrected chi connectivity index (χ0v) is 11.7. The number of nitrogens with zero attached hydrogens (tertiary/aromatic N) is 1. The first kappa shape index (κ1) is 12.3. The molecule has 3 rings (SSSR count). The van der Waals surface area contributed by atoms with Crippen molar-refractivity contribution < 1.29 is 0 Å². The first-order valence-corrected chi connectivity index (χ1v) is 7.23. The molecule has 0 aliphatic heterocycles. The average Bonchev–Trinajstić information content (AvgIpc) is 2.83. The Morgan fingerprint density at radius 3 is 2.58 bits per heavy atom. The summed E-state index contributed by atoms with van der Waals surface area (Å²) in [5.74, 6) is 0. The van der Waals surface area contributed by atoms with E-state index < -0.39 is 0 Å². The van der Waals surface area contributed by atoms with E-state index in [9.17, 15) is 0 Å². The van der Waals surface area contributed by atoms with Crippen LogP contribution in [0.4, 0.5) is 0 Å². The van der Waals surface area contributed by atoms with Crippen molar-refractivity contribution in [1.29, 1.82) is 0 Å². The van der Waals surface area contributed by atoms with Crippen LogP contribution < -0.4 is 5.32 Å². The molecule has 3 heteroatoms. The van der Waals surface area contributed by atoms with Gasteiger partial charge in [0.15, 0.2) is 0 Å². The molecule has 1 N–H and O–H groups in total. The molecule has 0 radical (unpaired) electrons. The minimum absolute atomic E-state index is 0.827. The lowest BCUT2D eigenvalue weighted by Crippen LogP contribution is -2.12. The van der Waals surface area contributed by atoms with Crippen LogP contribution in [0, 0.1) is 6.92 Å². The first-order valence-electron chi connectivity index (χ1n) is 6.42. The summed E-state index contributed by atoms with van der Waals surface area (Å²) in [5.41, 5.74) is 3.71. The van der Waals surface area contributed by atoms with Crippen molar-refractivity contribution in [2.45, 2.75) is 20.0 Å². The van der Waals surface area contributed by atoms with Gasteiger partial charge in [0.25, 0.3) is 0 Å². The van der Waals surface area contributed by atoms with Crippen LogP contribution >= 0.6 is 11.3 Å². The van der Waals surface area contributed by atoms with Crippen molar-refractivity contribution >= 4 is 21.6 Å². The van der Waals surface area contributed by atoms with Gasteiger partial charge in [-0.05, 0) is 24.6 Å². The van der Waals surface area contributed by atoms with Gasteiger partial charge in [-0.2, -0.15) is 0 Å². The highest BCUT2D eigenvalue weighted by Gasteiger charge is 2.02. The lowest BCUT2D eigenvalue weighted by Gasteiger charge is -2.03. The van der Waals surface area contributed by atoms with Crippen molar-refractivity contribution in [2.75, 3.05) is 0 Å². The molecule has 2 aromatic carbocycles. The SMILES string of the molecule is Cc1ccc(CNCc2nc3ccccc3s2)cc1. The van der Waals surface area contributed by atoms with Gasteiger partial charge in [-0.25, -0.2) is 4.98 Å². The topological polar surface area (TPSA) is 24.9 Å². The highest BCUT2D eigenvalue weighted by molar-refractivity contribution is 7.18. The fourth-order valence-corrected chi connectivity index (χ4v) is 2.95. The number of thiazole rings is 1. The summed E-state index contributed by atoms with van der Waals surface area (Å²) in [5, 5.41) is 4.59. The number of nitrogens with one attached hydrogen (secondary N) is 1. The van der Waals surface area contributed by atoms with Gasteiger partial charge in [0.2, 0.25) is 0 Å². The van der Waals surface area contributed by atoms with E-state index in [1.807, 2.05) is 6.07 Å². The maximum absolute atomic E-state index is 4.61. The number of benzene rings is 2. The number of aryl methyl sites for hydroxylation is 1. The van der Waals surface area contributed by atoms with Gasteiger partial charge >= 0.3 is 0 Å². The third-order valence-corrected chi connectivity index (χ3v) is 4.10. The summed E-state index contributed by atoms with van der Waals surface area (Å²) in [6.45, 7) is 3.82. The van der Waals surface area contributed by atoms with Crippen LogP contribution in [0.15, 0.2) is 48.5 Å². The summed E-state index contributed by atoms with van der Waals surface area (Å²) in [6, 6.07) is 16.9. The van der Waals surface area contributed by atoms with E-state index in [1.54, 1.807) is 11.3 Å². The Morgan fingerprint density at radius 2 is 1.79 bits per heavy atom. The Kier molecular flexibility index (Phi) is 3.58. The Balaban J connectivity index is 1.61. The molecule has 0 unspecified atom stereocenters. The van der Waals surface area contributed by atoms with Crippen molar-refractivity contribution in [3.05, 3.63) is 64.7 Å². The highest BCUT2D eigenvalue weighted by Crippen LogP contribution is 2.21. The molecule has 0 amide bonds. The van der Waals surface area contributed by atoms with Crippen LogP contribution in [0.5, 0.6) is 0 Å². The molecular formula is C16H16N2S. The lowest BCUT2D eigenvalue weighted by atomic mass is 10.1. The molecule has 96 valence electrons. The second-order valence-electron chi connectivity index (χ2n) is 4.66. The standard InChI is InChI=1S/C16H16N2S/c1-12-6-8-13(9-7-12)10-17-11-16-18-14-4-2-3-5-15(14)19-16/h2-9,17H,10-11H2,1H3. The smallest absolute Gasteiger partial charge is 0.108 e. The van der Waals surface area contributed by atoms with Crippen LogP contribution in [0.2, 0.25) is 0 Å². The fraction of sp³-hybridized carbons (Fsp3) is 0.188. The Morgan fingerprint density at radius 1 is 1.00 bits per heavy atom. The van der Waals surface area contributed by atoms with E-state index >= 15 is 0 Å². The van der Waals surface area contributed by atoms with Crippen molar-refractivity contribution in [2.24, 2.45) is 0 Å². The van der Waals surface area contributed by atoms with Gasteiger partial charge in [0.05, 0.1) is 10.2 Å². The van der Waals surface area contributed by atoms with Crippen LogP contribution in [-0.4, -0.2) is 4.98 Å². The molecule has 0 saturated carbocycles. The Bertz CT molecular complexity index is 638. The second-order valence-corrected chi connectivity index (χ2v) is 5.78. The predicted molar refractivity (Wildman–Crippen MR) is 81.3 cm³/mol. The fourth-order valence-electron chi connectivity index (χ4n) is 2.02. The van der Waals surface area contributed by atoms with Gasteiger partial charge in [-0.15, -0.1) is 11.3 Å². The summed E-state index contributed by atoms with van der Waals surface area (Å²) >= 11 is 1.76. The normalized spacial score (nSPS) is 11.0. The van der Waals surface area contributed by atoms with Crippen LogP contribution in [0.1, 0.15) is 16.1 Å². The molecule has 1 heterocycles. The maximum Gasteiger partial charge on any atom is 0.108 e. The molecule has 0 aliphatic carbocycles. The molecule has 0 aliphatic rings. The van der Waals surface area contributed by atoms with E-state index in [4.69, 9.17) is 0 Å². The number of aromatic nitrogens is 1. The van der Waals surface area contributed by atoms with Crippen LogP contribution in [-0.2, 0) is 13.1 Å². The number of fused-ring (bicyclic) bond motifs is 1. The van der Waals surface area contributed by atoms with Crippen LogP contribution in [0.3, 0.4) is 0 Å². The molecule has 0 saturated heterocycles.